The van der Waals surface area contributed by atoms with E-state index in [-0.39, 0.29) is 16.8 Å². The molecule has 0 bridgehead atoms. The molecular weight excluding hydrogens is 372 g/mol. The van der Waals surface area contributed by atoms with Crippen LogP contribution in [0.25, 0.3) is 0 Å². The molecule has 0 fully saturated rings. The third kappa shape index (κ3) is 3.92. The Morgan fingerprint density at radius 1 is 1.19 bits per heavy atom. The highest BCUT2D eigenvalue weighted by Crippen LogP contribution is 2.30. The van der Waals surface area contributed by atoms with Gasteiger partial charge in [-0.05, 0) is 61.2 Å². The number of fused-ring (bicyclic) bond motifs is 1. The molecule has 138 valence electrons. The van der Waals surface area contributed by atoms with E-state index >= 15 is 0 Å². The quantitative estimate of drug-likeness (QED) is 0.863. The fraction of sp³-hybridized carbons (Fsp3) is 0.316. The molecule has 1 amide bonds. The maximum Gasteiger partial charge on any atom is 0.241 e. The lowest BCUT2D eigenvalue weighted by atomic mass is 10.0. The SMILES string of the molecule is CC(=O)N1CCCc2cc(S(=O)(=O)N[C@H](C)c3ccc(Cl)cc3)ccc21. The van der Waals surface area contributed by atoms with Gasteiger partial charge < -0.3 is 4.90 Å². The summed E-state index contributed by atoms with van der Waals surface area (Å²) in [5.74, 6) is -0.0314. The predicted molar refractivity (Wildman–Crippen MR) is 103 cm³/mol. The summed E-state index contributed by atoms with van der Waals surface area (Å²) in [5, 5.41) is 0.605. The zero-order valence-corrected chi connectivity index (χ0v) is 16.3. The Hall–Kier alpha value is -1.89. The van der Waals surface area contributed by atoms with Gasteiger partial charge in [-0.25, -0.2) is 13.1 Å². The van der Waals surface area contributed by atoms with E-state index in [1.165, 1.54) is 6.92 Å². The van der Waals surface area contributed by atoms with E-state index in [1.54, 1.807) is 54.3 Å². The first-order chi connectivity index (χ1) is 12.3. The molecule has 1 atom stereocenters. The fourth-order valence-corrected chi connectivity index (χ4v) is 4.60. The first-order valence-corrected chi connectivity index (χ1v) is 10.3. The molecule has 2 aromatic rings. The van der Waals surface area contributed by atoms with Crippen LogP contribution in [0.1, 0.15) is 37.4 Å². The van der Waals surface area contributed by atoms with Crippen molar-refractivity contribution >= 4 is 33.2 Å². The van der Waals surface area contributed by atoms with Crippen molar-refractivity contribution in [2.24, 2.45) is 0 Å². The van der Waals surface area contributed by atoms with Crippen molar-refractivity contribution in [1.82, 2.24) is 4.72 Å². The second kappa shape index (κ2) is 7.39. The molecule has 26 heavy (non-hydrogen) atoms. The average Bonchev–Trinajstić information content (AvgIpc) is 2.60. The van der Waals surface area contributed by atoms with Gasteiger partial charge >= 0.3 is 0 Å². The van der Waals surface area contributed by atoms with Gasteiger partial charge in [-0.1, -0.05) is 23.7 Å². The number of halogens is 1. The summed E-state index contributed by atoms with van der Waals surface area (Å²) in [6.45, 7) is 3.98. The number of sulfonamides is 1. The van der Waals surface area contributed by atoms with Crippen molar-refractivity contribution in [3.63, 3.8) is 0 Å². The van der Waals surface area contributed by atoms with E-state index in [4.69, 9.17) is 11.6 Å². The van der Waals surface area contributed by atoms with Gasteiger partial charge in [0.1, 0.15) is 0 Å². The minimum Gasteiger partial charge on any atom is -0.312 e. The molecule has 5 nitrogen and oxygen atoms in total. The lowest BCUT2D eigenvalue weighted by Gasteiger charge is -2.29. The third-order valence-corrected chi connectivity index (χ3v) is 6.35. The van der Waals surface area contributed by atoms with Crippen LogP contribution in [0.2, 0.25) is 5.02 Å². The number of hydrogen-bond donors (Lipinski definition) is 1. The second-order valence-corrected chi connectivity index (χ2v) is 8.61. The molecule has 0 radical (unpaired) electrons. The van der Waals surface area contributed by atoms with Gasteiger partial charge in [0, 0.05) is 30.2 Å². The van der Waals surface area contributed by atoms with E-state index in [0.29, 0.717) is 11.6 Å². The molecule has 0 aliphatic carbocycles. The summed E-state index contributed by atoms with van der Waals surface area (Å²) in [6.07, 6.45) is 1.58. The predicted octanol–water partition coefficient (Wildman–Crippen LogP) is 3.68. The highest BCUT2D eigenvalue weighted by atomic mass is 35.5. The molecule has 1 aliphatic rings. The first-order valence-electron chi connectivity index (χ1n) is 8.47. The Bertz CT molecular complexity index is 926. The van der Waals surface area contributed by atoms with E-state index in [9.17, 15) is 13.2 Å². The molecule has 2 aromatic carbocycles. The number of anilines is 1. The lowest BCUT2D eigenvalue weighted by Crippen LogP contribution is -2.34. The maximum absolute atomic E-state index is 12.8. The molecule has 0 aromatic heterocycles. The summed E-state index contributed by atoms with van der Waals surface area (Å²) >= 11 is 5.88. The molecule has 3 rings (SSSR count). The molecule has 0 spiro atoms. The summed E-state index contributed by atoms with van der Waals surface area (Å²) in [5.41, 5.74) is 2.51. The van der Waals surface area contributed by atoms with Gasteiger partial charge in [0.2, 0.25) is 15.9 Å². The number of amides is 1. The Balaban J connectivity index is 1.85. The highest BCUT2D eigenvalue weighted by Gasteiger charge is 2.24. The van der Waals surface area contributed by atoms with Gasteiger partial charge in [-0.2, -0.15) is 0 Å². The second-order valence-electron chi connectivity index (χ2n) is 6.46. The van der Waals surface area contributed by atoms with E-state index in [0.717, 1.165) is 29.7 Å². The number of carbonyl (C=O) groups is 1. The van der Waals surface area contributed by atoms with Gasteiger partial charge in [0.15, 0.2) is 0 Å². The molecule has 0 unspecified atom stereocenters. The van der Waals surface area contributed by atoms with E-state index in [2.05, 4.69) is 4.72 Å². The first kappa shape index (κ1) is 18.9. The Morgan fingerprint density at radius 3 is 2.54 bits per heavy atom. The molecule has 0 saturated heterocycles. The zero-order chi connectivity index (χ0) is 18.9. The molecule has 1 N–H and O–H groups in total. The Morgan fingerprint density at radius 2 is 1.88 bits per heavy atom. The molecule has 1 heterocycles. The zero-order valence-electron chi connectivity index (χ0n) is 14.7. The van der Waals surface area contributed by atoms with Crippen molar-refractivity contribution in [3.8, 4) is 0 Å². The van der Waals surface area contributed by atoms with Crippen LogP contribution in [-0.4, -0.2) is 20.9 Å². The molecule has 7 heteroatoms. The number of rotatable bonds is 4. The van der Waals surface area contributed by atoms with Crippen molar-refractivity contribution in [1.29, 1.82) is 0 Å². The summed E-state index contributed by atoms with van der Waals surface area (Å²) in [6, 6.07) is 11.6. The number of carbonyl (C=O) groups excluding carboxylic acids is 1. The number of nitrogens with one attached hydrogen (secondary N) is 1. The number of hydrogen-bond acceptors (Lipinski definition) is 3. The molecule has 1 aliphatic heterocycles. The van der Waals surface area contributed by atoms with Crippen LogP contribution in [0.3, 0.4) is 0 Å². The summed E-state index contributed by atoms with van der Waals surface area (Å²) in [7, 11) is -3.68. The minimum absolute atomic E-state index is 0.0314. The Labute approximate surface area is 159 Å². The standard InChI is InChI=1S/C19H21ClN2O3S/c1-13(15-5-7-17(20)8-6-15)21-26(24,25)18-9-10-19-16(12-18)4-3-11-22(19)14(2)23/h5-10,12-13,21H,3-4,11H2,1-2H3/t13-/m1/s1. The van der Waals surface area contributed by atoms with E-state index in [1.807, 2.05) is 0 Å². The van der Waals surface area contributed by atoms with Crippen LogP contribution in [0, 0.1) is 0 Å². The molecule has 0 saturated carbocycles. The van der Waals surface area contributed by atoms with Gasteiger partial charge in [0.05, 0.1) is 4.90 Å². The van der Waals surface area contributed by atoms with Crippen LogP contribution in [0.5, 0.6) is 0 Å². The van der Waals surface area contributed by atoms with Crippen LogP contribution >= 0.6 is 11.6 Å². The van der Waals surface area contributed by atoms with Crippen molar-refractivity contribution < 1.29 is 13.2 Å². The third-order valence-electron chi connectivity index (χ3n) is 4.56. The lowest BCUT2D eigenvalue weighted by molar-refractivity contribution is -0.116. The largest absolute Gasteiger partial charge is 0.312 e. The minimum atomic E-state index is -3.68. The van der Waals surface area contributed by atoms with Gasteiger partial charge in [-0.15, -0.1) is 0 Å². The topological polar surface area (TPSA) is 66.5 Å². The van der Waals surface area contributed by atoms with E-state index < -0.39 is 10.0 Å². The summed E-state index contributed by atoms with van der Waals surface area (Å²) < 4.78 is 28.2. The number of aryl methyl sites for hydroxylation is 1. The van der Waals surface area contributed by atoms with Crippen molar-refractivity contribution in [2.45, 2.75) is 37.6 Å². The van der Waals surface area contributed by atoms with Gasteiger partial charge in [0.25, 0.3) is 0 Å². The van der Waals surface area contributed by atoms with Gasteiger partial charge in [-0.3, -0.25) is 4.79 Å². The number of benzene rings is 2. The van der Waals surface area contributed by atoms with Crippen molar-refractivity contribution in [3.05, 3.63) is 58.6 Å². The average molecular weight is 393 g/mol. The fourth-order valence-electron chi connectivity index (χ4n) is 3.19. The maximum atomic E-state index is 12.8. The smallest absolute Gasteiger partial charge is 0.241 e. The van der Waals surface area contributed by atoms with Crippen LogP contribution in [-0.2, 0) is 21.2 Å². The monoisotopic (exact) mass is 392 g/mol. The van der Waals surface area contributed by atoms with Crippen molar-refractivity contribution in [2.75, 3.05) is 11.4 Å². The van der Waals surface area contributed by atoms with Crippen LogP contribution < -0.4 is 9.62 Å². The van der Waals surface area contributed by atoms with Crippen LogP contribution in [0.4, 0.5) is 5.69 Å². The molecular formula is C19H21ClN2O3S. The Kier molecular flexibility index (Phi) is 5.37. The number of nitrogens with zero attached hydrogens (tertiary/aromatic N) is 1. The highest BCUT2D eigenvalue weighted by molar-refractivity contribution is 7.89. The summed E-state index contributed by atoms with van der Waals surface area (Å²) in [4.78, 5) is 13.7. The normalized spacial score (nSPS) is 15.4. The van der Waals surface area contributed by atoms with Crippen LogP contribution in [0.15, 0.2) is 47.4 Å².